The molecule has 211 valence electrons. The van der Waals surface area contributed by atoms with E-state index in [9.17, 15) is 5.11 Å². The van der Waals surface area contributed by atoms with Crippen molar-refractivity contribution < 1.29 is 9.53 Å². The second-order valence-corrected chi connectivity index (χ2v) is 17.0. The topological polar surface area (TPSA) is 29.5 Å². The lowest BCUT2D eigenvalue weighted by Crippen LogP contribution is -2.67. The molecule has 0 aromatic heterocycles. The molecule has 0 heterocycles. The number of allylic oxidation sites excluding steroid dienone is 2. The third-order valence-corrected chi connectivity index (χ3v) is 13.9. The van der Waals surface area contributed by atoms with Crippen molar-refractivity contribution in [3.05, 3.63) is 104 Å². The Balaban J connectivity index is 2.07. The molecule has 1 aliphatic rings. The van der Waals surface area contributed by atoms with Crippen LogP contribution in [0.1, 0.15) is 67.2 Å². The monoisotopic (exact) mass is 543 g/mol. The highest BCUT2D eigenvalue weighted by molar-refractivity contribution is 6.99. The number of hydrogen-bond acceptors (Lipinski definition) is 2. The molecule has 1 aliphatic carbocycles. The molecule has 2 nitrogen and oxygen atoms in total. The molecule has 3 heteroatoms. The first-order chi connectivity index (χ1) is 18.5. The van der Waals surface area contributed by atoms with Gasteiger partial charge in [-0.1, -0.05) is 119 Å². The zero-order valence-corrected chi connectivity index (χ0v) is 26.1. The van der Waals surface area contributed by atoms with Crippen LogP contribution < -0.4 is 10.4 Å². The Morgan fingerprint density at radius 2 is 1.56 bits per heavy atom. The highest BCUT2D eigenvalue weighted by atomic mass is 28.4. The Morgan fingerprint density at radius 1 is 1.00 bits per heavy atom. The Morgan fingerprint density at radius 3 is 2.03 bits per heavy atom. The van der Waals surface area contributed by atoms with Crippen molar-refractivity contribution in [2.75, 3.05) is 0 Å². The van der Waals surface area contributed by atoms with Gasteiger partial charge in [0.2, 0.25) is 0 Å². The molecule has 0 fully saturated rings. The second-order valence-electron chi connectivity index (χ2n) is 12.7. The summed E-state index contributed by atoms with van der Waals surface area (Å²) in [6.45, 7) is 22.0. The van der Waals surface area contributed by atoms with E-state index in [-0.39, 0.29) is 11.1 Å². The molecule has 0 aliphatic heterocycles. The van der Waals surface area contributed by atoms with Crippen LogP contribution in [0.3, 0.4) is 0 Å². The molecule has 1 radical (unpaired) electrons. The van der Waals surface area contributed by atoms with Gasteiger partial charge in [-0.2, -0.15) is 0 Å². The lowest BCUT2D eigenvalue weighted by atomic mass is 9.65. The highest BCUT2D eigenvalue weighted by Gasteiger charge is 2.51. The molecule has 0 saturated heterocycles. The van der Waals surface area contributed by atoms with Crippen molar-refractivity contribution >= 4 is 18.7 Å². The zero-order valence-electron chi connectivity index (χ0n) is 25.1. The van der Waals surface area contributed by atoms with Crippen molar-refractivity contribution in [3.63, 3.8) is 0 Å². The predicted molar refractivity (Wildman–Crippen MR) is 171 cm³/mol. The molecule has 5 atom stereocenters. The SMILES string of the molecule is C=CC[C@H](C[C@H]1C(C)=CC[C@H](C(C)C)[C@H]1C[CH][C@@H](O)C=C)O[Si](c1ccccc1)(c1ccccc1)C(C)(C)C. The van der Waals surface area contributed by atoms with Crippen LogP contribution >= 0.6 is 0 Å². The fourth-order valence-electron chi connectivity index (χ4n) is 6.75. The van der Waals surface area contributed by atoms with Crippen LogP contribution in [0.5, 0.6) is 0 Å². The largest absolute Gasteiger partial charge is 0.404 e. The maximum Gasteiger partial charge on any atom is 0.261 e. The smallest absolute Gasteiger partial charge is 0.261 e. The summed E-state index contributed by atoms with van der Waals surface area (Å²) in [5.74, 6) is 2.00. The van der Waals surface area contributed by atoms with Crippen LogP contribution in [0.25, 0.3) is 0 Å². The van der Waals surface area contributed by atoms with Gasteiger partial charge in [0.15, 0.2) is 0 Å². The molecule has 3 rings (SSSR count). The molecule has 2 aromatic carbocycles. The third kappa shape index (κ3) is 7.31. The molecule has 2 aromatic rings. The molecule has 39 heavy (non-hydrogen) atoms. The molecule has 0 spiro atoms. The van der Waals surface area contributed by atoms with E-state index in [0.717, 1.165) is 25.7 Å². The molecule has 1 N–H and O–H groups in total. The molecule has 0 saturated carbocycles. The van der Waals surface area contributed by atoms with E-state index >= 15 is 0 Å². The summed E-state index contributed by atoms with van der Waals surface area (Å²) in [7, 11) is -2.69. The summed E-state index contributed by atoms with van der Waals surface area (Å²) in [5, 5.41) is 12.9. The van der Waals surface area contributed by atoms with Gasteiger partial charge in [0.05, 0.1) is 6.10 Å². The van der Waals surface area contributed by atoms with Gasteiger partial charge in [-0.15, -0.1) is 13.2 Å². The summed E-state index contributed by atoms with van der Waals surface area (Å²) >= 11 is 0. The first-order valence-corrected chi connectivity index (χ1v) is 16.7. The van der Waals surface area contributed by atoms with Gasteiger partial charge in [-0.3, -0.25) is 0 Å². The average molecular weight is 544 g/mol. The Labute approximate surface area is 240 Å². The van der Waals surface area contributed by atoms with E-state index in [4.69, 9.17) is 4.43 Å². The van der Waals surface area contributed by atoms with Gasteiger partial charge in [0.25, 0.3) is 8.32 Å². The van der Waals surface area contributed by atoms with Crippen molar-refractivity contribution in [2.45, 2.75) is 84.5 Å². The van der Waals surface area contributed by atoms with E-state index in [2.05, 4.69) is 121 Å². The van der Waals surface area contributed by atoms with Crippen LogP contribution in [0.4, 0.5) is 0 Å². The first kappa shape index (κ1) is 31.3. The highest BCUT2D eigenvalue weighted by Crippen LogP contribution is 2.45. The third-order valence-electron chi connectivity index (χ3n) is 8.82. The fraction of sp³-hybridized carbons (Fsp3) is 0.472. The average Bonchev–Trinajstić information content (AvgIpc) is 2.91. The van der Waals surface area contributed by atoms with E-state index in [1.165, 1.54) is 15.9 Å². The minimum absolute atomic E-state index is 0.0416. The molecular formula is C36H51O2Si. The van der Waals surface area contributed by atoms with Gasteiger partial charge in [-0.25, -0.2) is 0 Å². The fourth-order valence-corrected chi connectivity index (χ4v) is 11.5. The summed E-state index contributed by atoms with van der Waals surface area (Å²) in [5.41, 5.74) is 1.46. The van der Waals surface area contributed by atoms with E-state index < -0.39 is 14.4 Å². The van der Waals surface area contributed by atoms with Crippen LogP contribution in [-0.2, 0) is 4.43 Å². The van der Waals surface area contributed by atoms with Gasteiger partial charge in [-0.05, 0) is 78.1 Å². The number of aliphatic hydroxyl groups is 1. The summed E-state index contributed by atoms with van der Waals surface area (Å²) < 4.78 is 7.62. The molecule has 0 unspecified atom stereocenters. The minimum Gasteiger partial charge on any atom is -0.404 e. The molecule has 0 amide bonds. The maximum atomic E-state index is 10.3. The Hall–Kier alpha value is -2.20. The first-order valence-electron chi connectivity index (χ1n) is 14.8. The molecular weight excluding hydrogens is 492 g/mol. The van der Waals surface area contributed by atoms with Crippen LogP contribution in [0.15, 0.2) is 97.6 Å². The van der Waals surface area contributed by atoms with Crippen LogP contribution in [0.2, 0.25) is 5.04 Å². The number of aliphatic hydroxyl groups excluding tert-OH is 1. The number of benzene rings is 2. The van der Waals surface area contributed by atoms with Gasteiger partial charge in [0.1, 0.15) is 0 Å². The molecule has 0 bridgehead atoms. The second kappa shape index (κ2) is 13.9. The van der Waals surface area contributed by atoms with Crippen molar-refractivity contribution in [1.29, 1.82) is 0 Å². The lowest BCUT2D eigenvalue weighted by molar-refractivity contribution is 0.107. The van der Waals surface area contributed by atoms with Crippen LogP contribution in [0, 0.1) is 30.1 Å². The normalized spacial score (nSPS) is 21.7. The lowest BCUT2D eigenvalue weighted by Gasteiger charge is -2.47. The summed E-state index contributed by atoms with van der Waals surface area (Å²) in [4.78, 5) is 0. The number of hydrogen-bond donors (Lipinski definition) is 1. The predicted octanol–water partition coefficient (Wildman–Crippen LogP) is 7.89. The van der Waals surface area contributed by atoms with Gasteiger partial charge in [0, 0.05) is 6.10 Å². The van der Waals surface area contributed by atoms with E-state index in [0.29, 0.717) is 23.7 Å². The number of rotatable bonds is 13. The standard InChI is InChI=1S/C36H51O2Si/c1-9-17-30(26-35-28(5)22-24-33(27(3)4)34(35)25-23-29(37)10-2)38-39(36(6,7)8,31-18-13-11-14-19-31)32-20-15-12-16-21-32/h9-16,18-23,27,29-30,33-35,37H,1-2,17,24-26H2,3-8H3/t29-,30+,33+,34+,35-/m0/s1. The van der Waals surface area contributed by atoms with Gasteiger partial charge >= 0.3 is 0 Å². The van der Waals surface area contributed by atoms with Crippen molar-refractivity contribution in [3.8, 4) is 0 Å². The quantitative estimate of drug-likeness (QED) is 0.206. The summed E-state index contributed by atoms with van der Waals surface area (Å²) in [6, 6.07) is 21.9. The van der Waals surface area contributed by atoms with Crippen molar-refractivity contribution in [1.82, 2.24) is 0 Å². The maximum absolute atomic E-state index is 10.3. The van der Waals surface area contributed by atoms with E-state index in [1.807, 2.05) is 12.5 Å². The Kier molecular flexibility index (Phi) is 11.2. The van der Waals surface area contributed by atoms with Crippen molar-refractivity contribution in [2.24, 2.45) is 23.7 Å². The van der Waals surface area contributed by atoms with Crippen LogP contribution in [-0.4, -0.2) is 25.6 Å². The summed E-state index contributed by atoms with van der Waals surface area (Å²) in [6.07, 6.45) is 11.4. The minimum atomic E-state index is -2.69. The van der Waals surface area contributed by atoms with Gasteiger partial charge < -0.3 is 9.53 Å². The van der Waals surface area contributed by atoms with E-state index in [1.54, 1.807) is 6.08 Å². The Bertz CT molecular complexity index is 1030. The zero-order chi connectivity index (χ0) is 28.6.